The number of nitrogens with one attached hydrogen (secondary N) is 1. The predicted octanol–water partition coefficient (Wildman–Crippen LogP) is 4.37. The Bertz CT molecular complexity index is 552. The lowest BCUT2D eigenvalue weighted by atomic mass is 10.2. The average Bonchev–Trinajstić information content (AvgIpc) is 2.33. The Morgan fingerprint density at radius 1 is 0.944 bits per heavy atom. The van der Waals surface area contributed by atoms with E-state index in [0.717, 1.165) is 0 Å². The molecule has 18 heavy (non-hydrogen) atoms. The smallest absolute Gasteiger partial charge is 0.141 e. The van der Waals surface area contributed by atoms with Crippen LogP contribution < -0.4 is 5.32 Å². The van der Waals surface area contributed by atoms with Crippen molar-refractivity contribution in [3.05, 3.63) is 64.4 Å². The molecule has 0 saturated carbocycles. The topological polar surface area (TPSA) is 12.0 Å². The van der Waals surface area contributed by atoms with Gasteiger partial charge in [-0.15, -0.1) is 0 Å². The molecule has 0 heterocycles. The summed E-state index contributed by atoms with van der Waals surface area (Å²) in [4.78, 5) is 0. The van der Waals surface area contributed by atoms with Gasteiger partial charge in [0.1, 0.15) is 17.5 Å². The average molecular weight is 272 g/mol. The molecule has 0 bridgehead atoms. The molecule has 0 radical (unpaired) electrons. The molecule has 94 valence electrons. The highest BCUT2D eigenvalue weighted by atomic mass is 35.5. The maximum atomic E-state index is 13.3. The van der Waals surface area contributed by atoms with Gasteiger partial charge in [0.15, 0.2) is 0 Å². The zero-order valence-electron chi connectivity index (χ0n) is 9.18. The van der Waals surface area contributed by atoms with Crippen LogP contribution in [-0.2, 0) is 6.54 Å². The van der Waals surface area contributed by atoms with E-state index in [0.29, 0.717) is 5.69 Å². The number of hydrogen-bond acceptors (Lipinski definition) is 1. The van der Waals surface area contributed by atoms with Crippen molar-refractivity contribution in [3.63, 3.8) is 0 Å². The van der Waals surface area contributed by atoms with Crippen molar-refractivity contribution < 1.29 is 13.2 Å². The summed E-state index contributed by atoms with van der Waals surface area (Å²) in [6, 6.07) is 7.64. The Kier molecular flexibility index (Phi) is 3.77. The van der Waals surface area contributed by atoms with Gasteiger partial charge in [-0.2, -0.15) is 0 Å². The monoisotopic (exact) mass is 271 g/mol. The van der Waals surface area contributed by atoms with E-state index in [1.165, 1.54) is 36.4 Å². The molecule has 0 fully saturated rings. The summed E-state index contributed by atoms with van der Waals surface area (Å²) in [5.74, 6) is -1.80. The summed E-state index contributed by atoms with van der Waals surface area (Å²) in [5.41, 5.74) is 0.419. The van der Waals surface area contributed by atoms with E-state index in [-0.39, 0.29) is 17.1 Å². The molecule has 0 spiro atoms. The fraction of sp³-hybridized carbons (Fsp3) is 0.0769. The molecule has 0 saturated heterocycles. The molecule has 5 heteroatoms. The first-order valence-corrected chi connectivity index (χ1v) is 5.57. The number of halogens is 4. The third-order valence-corrected chi connectivity index (χ3v) is 2.74. The fourth-order valence-corrected chi connectivity index (χ4v) is 1.68. The predicted molar refractivity (Wildman–Crippen MR) is 65.1 cm³/mol. The summed E-state index contributed by atoms with van der Waals surface area (Å²) < 4.78 is 39.6. The van der Waals surface area contributed by atoms with E-state index < -0.39 is 17.5 Å². The quantitative estimate of drug-likeness (QED) is 0.874. The van der Waals surface area contributed by atoms with Crippen LogP contribution >= 0.6 is 11.6 Å². The number of anilines is 1. The lowest BCUT2D eigenvalue weighted by molar-refractivity contribution is 0.560. The maximum absolute atomic E-state index is 13.3. The standard InChI is InChI=1S/C13H9ClF3N/c14-10-6-8(4-5-13(10)17)18-7-9-11(15)2-1-3-12(9)16/h1-6,18H,7H2. The molecule has 0 amide bonds. The minimum Gasteiger partial charge on any atom is -0.381 e. The van der Waals surface area contributed by atoms with Gasteiger partial charge >= 0.3 is 0 Å². The van der Waals surface area contributed by atoms with Gasteiger partial charge in [0, 0.05) is 17.8 Å². The van der Waals surface area contributed by atoms with E-state index in [1.54, 1.807) is 0 Å². The zero-order chi connectivity index (χ0) is 13.1. The summed E-state index contributed by atoms with van der Waals surface area (Å²) in [6.07, 6.45) is 0. The van der Waals surface area contributed by atoms with Crippen LogP contribution in [0.15, 0.2) is 36.4 Å². The largest absolute Gasteiger partial charge is 0.381 e. The number of rotatable bonds is 3. The molecule has 1 N–H and O–H groups in total. The van der Waals surface area contributed by atoms with Gasteiger partial charge in [0.2, 0.25) is 0 Å². The molecule has 0 aliphatic heterocycles. The Morgan fingerprint density at radius 3 is 2.22 bits per heavy atom. The van der Waals surface area contributed by atoms with E-state index in [4.69, 9.17) is 11.6 Å². The Balaban J connectivity index is 2.14. The van der Waals surface area contributed by atoms with Gasteiger partial charge in [-0.25, -0.2) is 13.2 Å². The van der Waals surface area contributed by atoms with Gasteiger partial charge < -0.3 is 5.32 Å². The van der Waals surface area contributed by atoms with Gasteiger partial charge in [0.25, 0.3) is 0 Å². The lowest BCUT2D eigenvalue weighted by Gasteiger charge is -2.08. The van der Waals surface area contributed by atoms with E-state index >= 15 is 0 Å². The van der Waals surface area contributed by atoms with Crippen molar-refractivity contribution in [1.29, 1.82) is 0 Å². The molecule has 2 rings (SSSR count). The number of hydrogen-bond donors (Lipinski definition) is 1. The van der Waals surface area contributed by atoms with Crippen LogP contribution in [0, 0.1) is 17.5 Å². The first-order chi connectivity index (χ1) is 8.58. The molecule has 0 aromatic heterocycles. The van der Waals surface area contributed by atoms with Gasteiger partial charge in [0.05, 0.1) is 5.02 Å². The molecule has 0 atom stereocenters. The third-order valence-electron chi connectivity index (χ3n) is 2.45. The SMILES string of the molecule is Fc1ccc(NCc2c(F)cccc2F)cc1Cl. The second-order valence-electron chi connectivity index (χ2n) is 3.68. The zero-order valence-corrected chi connectivity index (χ0v) is 9.94. The second-order valence-corrected chi connectivity index (χ2v) is 4.09. The van der Waals surface area contributed by atoms with E-state index in [1.807, 2.05) is 0 Å². The van der Waals surface area contributed by atoms with Crippen LogP contribution in [-0.4, -0.2) is 0 Å². The highest BCUT2D eigenvalue weighted by Crippen LogP contribution is 2.20. The first-order valence-electron chi connectivity index (χ1n) is 5.20. The fourth-order valence-electron chi connectivity index (χ4n) is 1.50. The molecular weight excluding hydrogens is 263 g/mol. The van der Waals surface area contributed by atoms with Crippen LogP contribution in [0.2, 0.25) is 5.02 Å². The number of benzene rings is 2. The Hall–Kier alpha value is -1.68. The summed E-state index contributed by atoms with van der Waals surface area (Å²) in [6.45, 7) is -0.0412. The molecule has 2 aromatic carbocycles. The van der Waals surface area contributed by atoms with E-state index in [9.17, 15) is 13.2 Å². The second kappa shape index (κ2) is 5.31. The first kappa shape index (κ1) is 12.8. The molecule has 2 aromatic rings. The Labute approximate surface area is 107 Å². The Morgan fingerprint density at radius 2 is 1.61 bits per heavy atom. The molecule has 1 nitrogen and oxygen atoms in total. The minimum absolute atomic E-state index is 0.0412. The van der Waals surface area contributed by atoms with Crippen molar-refractivity contribution in [3.8, 4) is 0 Å². The lowest BCUT2D eigenvalue weighted by Crippen LogP contribution is -2.04. The summed E-state index contributed by atoms with van der Waals surface area (Å²) in [5, 5.41) is 2.73. The van der Waals surface area contributed by atoms with Crippen molar-refractivity contribution in [2.75, 3.05) is 5.32 Å². The van der Waals surface area contributed by atoms with Crippen LogP contribution in [0.25, 0.3) is 0 Å². The minimum atomic E-state index is -0.629. The van der Waals surface area contributed by atoms with Crippen molar-refractivity contribution in [2.24, 2.45) is 0 Å². The van der Waals surface area contributed by atoms with Crippen molar-refractivity contribution in [1.82, 2.24) is 0 Å². The van der Waals surface area contributed by atoms with Gasteiger partial charge in [-0.05, 0) is 30.3 Å². The third kappa shape index (κ3) is 2.76. The maximum Gasteiger partial charge on any atom is 0.141 e. The molecular formula is C13H9ClF3N. The highest BCUT2D eigenvalue weighted by molar-refractivity contribution is 6.31. The van der Waals surface area contributed by atoms with Gasteiger partial charge in [-0.1, -0.05) is 17.7 Å². The van der Waals surface area contributed by atoms with Gasteiger partial charge in [-0.3, -0.25) is 0 Å². The van der Waals surface area contributed by atoms with E-state index in [2.05, 4.69) is 5.32 Å². The van der Waals surface area contributed by atoms with Crippen molar-refractivity contribution in [2.45, 2.75) is 6.54 Å². The van der Waals surface area contributed by atoms with Crippen LogP contribution in [0.5, 0.6) is 0 Å². The van der Waals surface area contributed by atoms with Crippen LogP contribution in [0.3, 0.4) is 0 Å². The molecule has 0 aliphatic carbocycles. The summed E-state index contributed by atoms with van der Waals surface area (Å²) in [7, 11) is 0. The highest BCUT2D eigenvalue weighted by Gasteiger charge is 2.08. The van der Waals surface area contributed by atoms with Crippen LogP contribution in [0.4, 0.5) is 18.9 Å². The van der Waals surface area contributed by atoms with Crippen LogP contribution in [0.1, 0.15) is 5.56 Å². The summed E-state index contributed by atoms with van der Waals surface area (Å²) >= 11 is 5.59. The van der Waals surface area contributed by atoms with Crippen molar-refractivity contribution >= 4 is 17.3 Å². The normalized spacial score (nSPS) is 10.4. The molecule has 0 aliphatic rings. The molecule has 0 unspecified atom stereocenters.